The molecule has 39 heavy (non-hydrogen) atoms. The number of nitrogens with one attached hydrogen (secondary N) is 1. The van der Waals surface area contributed by atoms with E-state index in [1.165, 1.54) is 16.2 Å². The number of likely N-dealkylation sites (N-methyl/N-ethyl adjacent to an activating group) is 1. The summed E-state index contributed by atoms with van der Waals surface area (Å²) in [4.78, 5) is 43.0. The minimum atomic E-state index is -0.580. The van der Waals surface area contributed by atoms with Gasteiger partial charge in [0.15, 0.2) is 0 Å². The first kappa shape index (κ1) is 28.2. The Kier molecular flexibility index (Phi) is 8.30. The Morgan fingerprint density at radius 3 is 2.54 bits per heavy atom. The number of rotatable bonds is 6. The second-order valence-corrected chi connectivity index (χ2v) is 11.6. The molecule has 0 aliphatic carbocycles. The summed E-state index contributed by atoms with van der Waals surface area (Å²) in [7, 11) is 3.43. The lowest BCUT2D eigenvalue weighted by Crippen LogP contribution is -2.39. The minimum absolute atomic E-state index is 0.0582. The summed E-state index contributed by atoms with van der Waals surface area (Å²) in [6.07, 6.45) is 0.227. The molecule has 0 saturated heterocycles. The van der Waals surface area contributed by atoms with E-state index in [9.17, 15) is 14.4 Å². The maximum absolute atomic E-state index is 13.3. The van der Waals surface area contributed by atoms with E-state index in [4.69, 9.17) is 9.47 Å². The predicted octanol–water partition coefficient (Wildman–Crippen LogP) is 5.53. The highest BCUT2D eigenvalue weighted by molar-refractivity contribution is 7.17. The van der Waals surface area contributed by atoms with E-state index in [0.29, 0.717) is 35.8 Å². The van der Waals surface area contributed by atoms with Crippen molar-refractivity contribution in [3.63, 3.8) is 0 Å². The highest BCUT2D eigenvalue weighted by Crippen LogP contribution is 2.41. The molecular weight excluding hydrogens is 514 g/mol. The van der Waals surface area contributed by atoms with Crippen LogP contribution in [0.4, 0.5) is 10.5 Å². The van der Waals surface area contributed by atoms with Crippen LogP contribution in [-0.2, 0) is 11.2 Å². The third-order valence-electron chi connectivity index (χ3n) is 6.36. The monoisotopic (exact) mass is 549 g/mol. The lowest BCUT2D eigenvalue weighted by molar-refractivity contribution is 0.0299. The normalized spacial score (nSPS) is 12.4. The molecule has 3 aromatic rings. The van der Waals surface area contributed by atoms with Gasteiger partial charge in [-0.15, -0.1) is 11.3 Å². The van der Waals surface area contributed by atoms with Crippen molar-refractivity contribution < 1.29 is 23.9 Å². The SMILES string of the molecule is Cc1ccccc1N(C)C(=O)c1cc2c(s1)-c1ccc(C(=O)NCCN(C)C(=O)OC(C)(C)C)cc1OCC2. The molecular formula is C30H35N3O5S. The molecule has 1 aliphatic rings. The van der Waals surface area contributed by atoms with Crippen LogP contribution in [0.5, 0.6) is 5.75 Å². The van der Waals surface area contributed by atoms with E-state index in [0.717, 1.165) is 27.3 Å². The summed E-state index contributed by atoms with van der Waals surface area (Å²) in [5.41, 5.74) is 3.72. The summed E-state index contributed by atoms with van der Waals surface area (Å²) in [5, 5.41) is 2.85. The maximum Gasteiger partial charge on any atom is 0.410 e. The van der Waals surface area contributed by atoms with Gasteiger partial charge in [0.2, 0.25) is 0 Å². The first-order valence-corrected chi connectivity index (χ1v) is 13.7. The van der Waals surface area contributed by atoms with Crippen LogP contribution < -0.4 is 15.0 Å². The van der Waals surface area contributed by atoms with Crippen LogP contribution in [0.2, 0.25) is 0 Å². The van der Waals surface area contributed by atoms with Gasteiger partial charge < -0.3 is 24.6 Å². The molecule has 0 unspecified atom stereocenters. The molecule has 1 aliphatic heterocycles. The molecule has 1 N–H and O–H groups in total. The fourth-order valence-corrected chi connectivity index (χ4v) is 5.49. The smallest absolute Gasteiger partial charge is 0.410 e. The van der Waals surface area contributed by atoms with Crippen LogP contribution in [0.25, 0.3) is 10.4 Å². The zero-order chi connectivity index (χ0) is 28.3. The fraction of sp³-hybridized carbons (Fsp3) is 0.367. The van der Waals surface area contributed by atoms with Gasteiger partial charge in [0.25, 0.3) is 11.8 Å². The van der Waals surface area contributed by atoms with Gasteiger partial charge in [0, 0.05) is 55.3 Å². The quantitative estimate of drug-likeness (QED) is 0.437. The standard InChI is InChI=1S/C30H35N3O5S/c1-19-9-7-8-10-23(19)33(6)28(35)25-18-20-13-16-37-24-17-21(11-12-22(24)26(20)39-25)27(34)31-14-15-32(5)29(36)38-30(2,3)4/h7-12,17-18H,13-16H2,1-6H3,(H,31,34). The van der Waals surface area contributed by atoms with Crippen molar-refractivity contribution in [1.29, 1.82) is 0 Å². The van der Waals surface area contributed by atoms with Crippen LogP contribution in [0, 0.1) is 6.92 Å². The van der Waals surface area contributed by atoms with Crippen molar-refractivity contribution in [3.05, 3.63) is 70.1 Å². The molecule has 0 atom stereocenters. The van der Waals surface area contributed by atoms with Crippen LogP contribution in [0.1, 0.15) is 51.9 Å². The van der Waals surface area contributed by atoms with Crippen molar-refractivity contribution in [3.8, 4) is 16.2 Å². The Hall–Kier alpha value is -3.85. The summed E-state index contributed by atoms with van der Waals surface area (Å²) in [6, 6.07) is 15.1. The molecule has 2 heterocycles. The molecule has 2 aromatic carbocycles. The summed E-state index contributed by atoms with van der Waals surface area (Å²) < 4.78 is 11.3. The average molecular weight is 550 g/mol. The number of hydrogen-bond donors (Lipinski definition) is 1. The maximum atomic E-state index is 13.3. The molecule has 4 rings (SSSR count). The fourth-order valence-electron chi connectivity index (χ4n) is 4.27. The first-order chi connectivity index (χ1) is 18.4. The number of carbonyl (C=O) groups is 3. The summed E-state index contributed by atoms with van der Waals surface area (Å²) >= 11 is 1.45. The number of ether oxygens (including phenoxy) is 2. The molecule has 0 spiro atoms. The lowest BCUT2D eigenvalue weighted by atomic mass is 10.0. The number of thiophene rings is 1. The summed E-state index contributed by atoms with van der Waals surface area (Å²) in [5.74, 6) is 0.294. The zero-order valence-corrected chi connectivity index (χ0v) is 24.1. The predicted molar refractivity (Wildman–Crippen MR) is 154 cm³/mol. The van der Waals surface area contributed by atoms with Crippen molar-refractivity contribution in [2.75, 3.05) is 38.7 Å². The van der Waals surface area contributed by atoms with Gasteiger partial charge in [0.1, 0.15) is 11.4 Å². The van der Waals surface area contributed by atoms with Crippen LogP contribution >= 0.6 is 11.3 Å². The first-order valence-electron chi connectivity index (χ1n) is 12.9. The highest BCUT2D eigenvalue weighted by atomic mass is 32.1. The second-order valence-electron chi connectivity index (χ2n) is 10.6. The second kappa shape index (κ2) is 11.5. The number of benzene rings is 2. The Labute approximate surface area is 233 Å². The van der Waals surface area contributed by atoms with Gasteiger partial charge in [-0.05, 0) is 69.2 Å². The average Bonchev–Trinajstić information content (AvgIpc) is 3.23. The molecule has 1 aromatic heterocycles. The van der Waals surface area contributed by atoms with E-state index in [-0.39, 0.29) is 18.4 Å². The number of anilines is 1. The largest absolute Gasteiger partial charge is 0.493 e. The van der Waals surface area contributed by atoms with Crippen LogP contribution in [0.3, 0.4) is 0 Å². The molecule has 0 radical (unpaired) electrons. The number of para-hydroxylation sites is 1. The van der Waals surface area contributed by atoms with Crippen molar-refractivity contribution in [1.82, 2.24) is 10.2 Å². The van der Waals surface area contributed by atoms with E-state index in [1.807, 2.05) is 64.1 Å². The molecule has 3 amide bonds. The number of nitrogens with zero attached hydrogens (tertiary/aromatic N) is 2. The van der Waals surface area contributed by atoms with Crippen LogP contribution in [-0.4, -0.2) is 62.2 Å². The third-order valence-corrected chi connectivity index (χ3v) is 7.56. The van der Waals surface area contributed by atoms with Gasteiger partial charge in [-0.1, -0.05) is 18.2 Å². The van der Waals surface area contributed by atoms with Gasteiger partial charge in [0.05, 0.1) is 11.5 Å². The van der Waals surface area contributed by atoms with Gasteiger partial charge in [-0.3, -0.25) is 9.59 Å². The topological polar surface area (TPSA) is 88.2 Å². The van der Waals surface area contributed by atoms with Crippen molar-refractivity contribution in [2.24, 2.45) is 0 Å². The van der Waals surface area contributed by atoms with Gasteiger partial charge in [-0.25, -0.2) is 4.79 Å². The van der Waals surface area contributed by atoms with Crippen molar-refractivity contribution >= 4 is 34.9 Å². The number of hydrogen-bond acceptors (Lipinski definition) is 6. The Morgan fingerprint density at radius 2 is 1.82 bits per heavy atom. The molecule has 0 bridgehead atoms. The zero-order valence-electron chi connectivity index (χ0n) is 23.3. The highest BCUT2D eigenvalue weighted by Gasteiger charge is 2.25. The lowest BCUT2D eigenvalue weighted by Gasteiger charge is -2.24. The minimum Gasteiger partial charge on any atom is -0.493 e. The van der Waals surface area contributed by atoms with E-state index in [2.05, 4.69) is 5.32 Å². The summed E-state index contributed by atoms with van der Waals surface area (Å²) in [6.45, 7) is 8.46. The van der Waals surface area contributed by atoms with E-state index >= 15 is 0 Å². The molecule has 9 heteroatoms. The molecule has 0 fully saturated rings. The molecule has 206 valence electrons. The number of fused-ring (bicyclic) bond motifs is 3. The Morgan fingerprint density at radius 1 is 1.08 bits per heavy atom. The van der Waals surface area contributed by atoms with Gasteiger partial charge in [-0.2, -0.15) is 0 Å². The Bertz CT molecular complexity index is 1390. The number of amides is 3. The van der Waals surface area contributed by atoms with Gasteiger partial charge >= 0.3 is 6.09 Å². The third kappa shape index (κ3) is 6.60. The Balaban J connectivity index is 1.46. The molecule has 8 nitrogen and oxygen atoms in total. The van der Waals surface area contributed by atoms with E-state index in [1.54, 1.807) is 31.1 Å². The van der Waals surface area contributed by atoms with E-state index < -0.39 is 11.7 Å². The van der Waals surface area contributed by atoms with Crippen LogP contribution in [0.15, 0.2) is 48.5 Å². The number of aryl methyl sites for hydroxylation is 1. The van der Waals surface area contributed by atoms with Crippen molar-refractivity contribution in [2.45, 2.75) is 39.7 Å². The number of carbonyl (C=O) groups excluding carboxylic acids is 3. The molecule has 0 saturated carbocycles.